The van der Waals surface area contributed by atoms with Gasteiger partial charge >= 0.3 is 0 Å². The molecule has 0 saturated heterocycles. The van der Waals surface area contributed by atoms with Gasteiger partial charge in [-0.15, -0.1) is 0 Å². The first kappa shape index (κ1) is 15.7. The van der Waals surface area contributed by atoms with Gasteiger partial charge in [0.25, 0.3) is 5.91 Å². The van der Waals surface area contributed by atoms with Crippen LogP contribution in [0.4, 0.5) is 5.69 Å². The number of hydrogen-bond acceptors (Lipinski definition) is 3. The van der Waals surface area contributed by atoms with Crippen molar-refractivity contribution in [1.82, 2.24) is 0 Å². The van der Waals surface area contributed by atoms with E-state index in [4.69, 9.17) is 22.7 Å². The van der Waals surface area contributed by atoms with Gasteiger partial charge in [-0.3, -0.25) is 4.79 Å². The van der Waals surface area contributed by atoms with Gasteiger partial charge in [0.05, 0.1) is 11.3 Å². The van der Waals surface area contributed by atoms with Crippen molar-refractivity contribution in [3.8, 4) is 5.75 Å². The third kappa shape index (κ3) is 4.40. The molecular weight excluding hydrogens is 399 g/mol. The summed E-state index contributed by atoms with van der Waals surface area (Å²) in [5.74, 6) is 0.343. The molecule has 0 unspecified atom stereocenters. The molecule has 0 fully saturated rings. The topological polar surface area (TPSA) is 64.3 Å². The smallest absolute Gasteiger partial charge is 0.256 e. The third-order valence-corrected chi connectivity index (χ3v) is 3.68. The summed E-state index contributed by atoms with van der Waals surface area (Å²) in [5.41, 5.74) is 6.62. The van der Waals surface area contributed by atoms with Crippen LogP contribution in [0.3, 0.4) is 0 Å². The molecule has 0 spiro atoms. The standard InChI is InChI=1S/C15H13IN2O2S/c16-11-6-2-1-5-10(11)15(19)18-12-7-3-4-8-13(12)20-9-14(17)21/h1-8H,9H2,(H2,17,21)(H,18,19). The maximum Gasteiger partial charge on any atom is 0.256 e. The number of carbonyl (C=O) groups is 1. The van der Waals surface area contributed by atoms with Crippen LogP contribution in [-0.2, 0) is 0 Å². The fraction of sp³-hybridized carbons (Fsp3) is 0.0667. The van der Waals surface area contributed by atoms with Crippen LogP contribution in [0.15, 0.2) is 48.5 Å². The molecule has 0 atom stereocenters. The zero-order chi connectivity index (χ0) is 15.2. The van der Waals surface area contributed by atoms with E-state index in [1.165, 1.54) is 0 Å². The summed E-state index contributed by atoms with van der Waals surface area (Å²) < 4.78 is 6.37. The number of nitrogens with one attached hydrogen (secondary N) is 1. The molecule has 2 rings (SSSR count). The Morgan fingerprint density at radius 2 is 1.86 bits per heavy atom. The predicted octanol–water partition coefficient (Wildman–Crippen LogP) is 3.21. The molecule has 0 saturated carbocycles. The molecule has 0 heterocycles. The van der Waals surface area contributed by atoms with Gasteiger partial charge in [0.1, 0.15) is 17.3 Å². The molecule has 6 heteroatoms. The van der Waals surface area contributed by atoms with Crippen molar-refractivity contribution in [2.45, 2.75) is 0 Å². The zero-order valence-electron chi connectivity index (χ0n) is 11.0. The first-order chi connectivity index (χ1) is 10.1. The first-order valence-electron chi connectivity index (χ1n) is 6.14. The first-order valence-corrected chi connectivity index (χ1v) is 7.62. The summed E-state index contributed by atoms with van der Waals surface area (Å²) in [6.45, 7) is 0.130. The highest BCUT2D eigenvalue weighted by Crippen LogP contribution is 2.25. The highest BCUT2D eigenvalue weighted by Gasteiger charge is 2.12. The number of rotatable bonds is 5. The van der Waals surface area contributed by atoms with E-state index in [2.05, 4.69) is 27.9 Å². The summed E-state index contributed by atoms with van der Waals surface area (Å²) >= 11 is 6.91. The number of para-hydroxylation sites is 2. The van der Waals surface area contributed by atoms with E-state index in [-0.39, 0.29) is 17.5 Å². The Morgan fingerprint density at radius 3 is 2.57 bits per heavy atom. The molecule has 2 aromatic carbocycles. The van der Waals surface area contributed by atoms with Crippen molar-refractivity contribution in [1.29, 1.82) is 0 Å². The maximum atomic E-state index is 12.3. The van der Waals surface area contributed by atoms with Crippen LogP contribution < -0.4 is 15.8 Å². The Kier molecular flexibility index (Phi) is 5.51. The highest BCUT2D eigenvalue weighted by atomic mass is 127. The average molecular weight is 412 g/mol. The fourth-order valence-electron chi connectivity index (χ4n) is 1.68. The van der Waals surface area contributed by atoms with E-state index < -0.39 is 0 Å². The zero-order valence-corrected chi connectivity index (χ0v) is 14.0. The van der Waals surface area contributed by atoms with Crippen LogP contribution in [0.2, 0.25) is 0 Å². The van der Waals surface area contributed by atoms with E-state index in [0.29, 0.717) is 17.0 Å². The van der Waals surface area contributed by atoms with Crippen LogP contribution in [-0.4, -0.2) is 17.5 Å². The van der Waals surface area contributed by atoms with Crippen molar-refractivity contribution in [3.63, 3.8) is 0 Å². The number of halogens is 1. The minimum atomic E-state index is -0.189. The van der Waals surface area contributed by atoms with E-state index in [9.17, 15) is 4.79 Å². The van der Waals surface area contributed by atoms with Gasteiger partial charge in [0.2, 0.25) is 0 Å². The molecule has 2 aromatic rings. The van der Waals surface area contributed by atoms with Gasteiger partial charge in [-0.1, -0.05) is 36.5 Å². The highest BCUT2D eigenvalue weighted by molar-refractivity contribution is 14.1. The molecule has 0 aliphatic carbocycles. The normalized spacial score (nSPS) is 9.95. The van der Waals surface area contributed by atoms with Crippen molar-refractivity contribution in [2.24, 2.45) is 5.73 Å². The second kappa shape index (κ2) is 7.37. The van der Waals surface area contributed by atoms with Crippen molar-refractivity contribution in [2.75, 3.05) is 11.9 Å². The van der Waals surface area contributed by atoms with E-state index >= 15 is 0 Å². The molecule has 0 aromatic heterocycles. The number of nitrogens with two attached hydrogens (primary N) is 1. The molecule has 108 valence electrons. The van der Waals surface area contributed by atoms with Gasteiger partial charge in [-0.05, 0) is 46.9 Å². The van der Waals surface area contributed by atoms with Gasteiger partial charge in [0.15, 0.2) is 0 Å². The van der Waals surface area contributed by atoms with Crippen LogP contribution >= 0.6 is 34.8 Å². The number of benzene rings is 2. The largest absolute Gasteiger partial charge is 0.484 e. The minimum Gasteiger partial charge on any atom is -0.484 e. The van der Waals surface area contributed by atoms with Crippen LogP contribution in [0.5, 0.6) is 5.75 Å². The maximum absolute atomic E-state index is 12.3. The molecular formula is C15H13IN2O2S. The molecule has 0 radical (unpaired) electrons. The number of hydrogen-bond donors (Lipinski definition) is 2. The van der Waals surface area contributed by atoms with Crippen molar-refractivity contribution < 1.29 is 9.53 Å². The summed E-state index contributed by atoms with van der Waals surface area (Å²) in [5, 5.41) is 2.84. The summed E-state index contributed by atoms with van der Waals surface area (Å²) in [4.78, 5) is 12.6. The lowest BCUT2D eigenvalue weighted by Crippen LogP contribution is -2.19. The van der Waals surface area contributed by atoms with E-state index in [0.717, 1.165) is 3.57 Å². The van der Waals surface area contributed by atoms with Crippen LogP contribution in [0, 0.1) is 3.57 Å². The number of anilines is 1. The lowest BCUT2D eigenvalue weighted by molar-refractivity contribution is 0.102. The van der Waals surface area contributed by atoms with Crippen LogP contribution in [0.25, 0.3) is 0 Å². The Hall–Kier alpha value is -1.67. The quantitative estimate of drug-likeness (QED) is 0.585. The van der Waals surface area contributed by atoms with Crippen LogP contribution in [0.1, 0.15) is 10.4 Å². The molecule has 4 nitrogen and oxygen atoms in total. The van der Waals surface area contributed by atoms with Gasteiger partial charge in [0, 0.05) is 3.57 Å². The summed E-state index contributed by atoms with van der Waals surface area (Å²) in [6, 6.07) is 14.5. The monoisotopic (exact) mass is 412 g/mol. The average Bonchev–Trinajstić information content (AvgIpc) is 2.46. The Balaban J connectivity index is 2.18. The number of thiocarbonyl (C=S) groups is 1. The van der Waals surface area contributed by atoms with Gasteiger partial charge in [-0.2, -0.15) is 0 Å². The van der Waals surface area contributed by atoms with Gasteiger partial charge < -0.3 is 15.8 Å². The second-order valence-electron chi connectivity index (χ2n) is 4.19. The molecule has 0 bridgehead atoms. The fourth-order valence-corrected chi connectivity index (χ4v) is 2.37. The van der Waals surface area contributed by atoms with E-state index in [1.807, 2.05) is 30.3 Å². The van der Waals surface area contributed by atoms with E-state index in [1.54, 1.807) is 18.2 Å². The third-order valence-electron chi connectivity index (χ3n) is 2.62. The SMILES string of the molecule is NC(=S)COc1ccccc1NC(=O)c1ccccc1I. The van der Waals surface area contributed by atoms with Gasteiger partial charge in [-0.25, -0.2) is 0 Å². The predicted molar refractivity (Wildman–Crippen MR) is 95.8 cm³/mol. The number of carbonyl (C=O) groups excluding carboxylic acids is 1. The Morgan fingerprint density at radius 1 is 1.19 bits per heavy atom. The lowest BCUT2D eigenvalue weighted by atomic mass is 10.2. The summed E-state index contributed by atoms with van der Waals surface area (Å²) in [7, 11) is 0. The second-order valence-corrected chi connectivity index (χ2v) is 5.87. The lowest BCUT2D eigenvalue weighted by Gasteiger charge is -2.12. The molecule has 0 aliphatic heterocycles. The number of ether oxygens (including phenoxy) is 1. The Bertz CT molecular complexity index is 676. The molecule has 3 N–H and O–H groups in total. The number of amides is 1. The molecule has 21 heavy (non-hydrogen) atoms. The minimum absolute atomic E-state index is 0.130. The Labute approximate surface area is 141 Å². The molecule has 0 aliphatic rings. The molecule has 1 amide bonds. The summed E-state index contributed by atoms with van der Waals surface area (Å²) in [6.07, 6.45) is 0. The van der Waals surface area contributed by atoms with Crippen molar-refractivity contribution >= 4 is 51.4 Å². The van der Waals surface area contributed by atoms with Crippen molar-refractivity contribution in [3.05, 3.63) is 57.7 Å².